The predicted molar refractivity (Wildman–Crippen MR) is 199 cm³/mol. The van der Waals surface area contributed by atoms with Crippen molar-refractivity contribution in [2.75, 3.05) is 14.1 Å². The Morgan fingerprint density at radius 2 is 1.09 bits per heavy atom. The first-order valence-corrected chi connectivity index (χ1v) is 17.7. The minimum atomic E-state index is -3.07. The maximum Gasteiger partial charge on any atom is 0.129 e. The van der Waals surface area contributed by atoms with Crippen LogP contribution in [0, 0.1) is 34.6 Å². The second kappa shape index (κ2) is 12.9. The molecule has 0 aliphatic carbocycles. The van der Waals surface area contributed by atoms with Crippen molar-refractivity contribution >= 4 is 35.4 Å². The summed E-state index contributed by atoms with van der Waals surface area (Å²) in [5.41, 5.74) is 9.15. The molecule has 0 bridgehead atoms. The highest BCUT2D eigenvalue weighted by molar-refractivity contribution is 7.79. The average molecular weight is 638 g/mol. The average Bonchev–Trinajstić information content (AvgIpc) is 2.92. The Labute approximate surface area is 277 Å². The zero-order valence-corrected chi connectivity index (χ0v) is 30.9. The summed E-state index contributed by atoms with van der Waals surface area (Å²) in [5, 5.41) is 25.8. The van der Waals surface area contributed by atoms with E-state index in [1.165, 1.54) is 5.56 Å². The number of rotatable bonds is 6. The van der Waals surface area contributed by atoms with E-state index < -0.39 is 7.21 Å². The van der Waals surface area contributed by atoms with E-state index >= 15 is 0 Å². The number of hydrogen-bond acceptors (Lipinski definition) is 4. The minimum absolute atomic E-state index is 0.221. The summed E-state index contributed by atoms with van der Waals surface area (Å²) in [6, 6.07) is 20.5. The molecule has 0 saturated carbocycles. The number of aromatic hydroxyl groups is 2. The second-order valence-corrected chi connectivity index (χ2v) is 18.1. The molecule has 46 heavy (non-hydrogen) atoms. The number of nitrogens with zero attached hydrogens (tertiary/aromatic N) is 3. The van der Waals surface area contributed by atoms with E-state index in [0.717, 1.165) is 60.9 Å². The van der Waals surface area contributed by atoms with Gasteiger partial charge in [0.1, 0.15) is 18.7 Å². The Kier molecular flexibility index (Phi) is 9.84. The van der Waals surface area contributed by atoms with Crippen LogP contribution in [0.3, 0.4) is 0 Å². The van der Waals surface area contributed by atoms with Gasteiger partial charge in [0.25, 0.3) is 0 Å². The number of aliphatic imine (C=N–C) groups is 1. The Morgan fingerprint density at radius 3 is 1.52 bits per heavy atom. The molecular formula is C40H52N3O2P. The van der Waals surface area contributed by atoms with Crippen LogP contribution in [0.5, 0.6) is 11.5 Å². The topological polar surface area (TPSA) is 68.4 Å². The molecule has 2 N–H and O–H groups in total. The summed E-state index contributed by atoms with van der Waals surface area (Å²) in [6.45, 7) is 23.1. The van der Waals surface area contributed by atoms with Gasteiger partial charge in [0.05, 0.1) is 22.0 Å². The van der Waals surface area contributed by atoms with Gasteiger partial charge in [-0.3, -0.25) is 9.66 Å². The fraction of sp³-hybridized carbons (Fsp3) is 0.375. The van der Waals surface area contributed by atoms with Crippen molar-refractivity contribution in [1.29, 1.82) is 0 Å². The lowest BCUT2D eigenvalue weighted by molar-refractivity contribution is 0.449. The third kappa shape index (κ3) is 6.87. The van der Waals surface area contributed by atoms with E-state index in [1.54, 1.807) is 0 Å². The molecule has 0 atom stereocenters. The number of aryl methyl sites for hydroxylation is 5. The number of phenolic OH excluding ortho intramolecular Hbond substituents is 2. The van der Waals surface area contributed by atoms with Crippen molar-refractivity contribution in [3.63, 3.8) is 0 Å². The molecule has 0 aromatic heterocycles. The van der Waals surface area contributed by atoms with Gasteiger partial charge >= 0.3 is 0 Å². The van der Waals surface area contributed by atoms with Gasteiger partial charge in [-0.2, -0.15) is 0 Å². The monoisotopic (exact) mass is 637 g/mol. The Bertz CT molecular complexity index is 1770. The van der Waals surface area contributed by atoms with Gasteiger partial charge < -0.3 is 10.2 Å². The van der Waals surface area contributed by atoms with E-state index in [2.05, 4.69) is 117 Å². The molecule has 0 aliphatic rings. The standard InChI is InChI=1S/C40H52N3O2P/c1-25-18-28(4)36(29(5)19-25)41-24-30-16-14-15-17-33(30)42-46(43(12)13,34-22-26(2)20-31(37(34)44)39(6,7)8)35-23-27(3)21-32(38(35)45)40(9,10)11/h14-24,44-45H,1-13H3. The van der Waals surface area contributed by atoms with E-state index in [4.69, 9.17) is 9.74 Å². The van der Waals surface area contributed by atoms with Gasteiger partial charge in [-0.1, -0.05) is 89.6 Å². The number of phenols is 2. The first-order chi connectivity index (χ1) is 21.3. The predicted octanol–water partition coefficient (Wildman–Crippen LogP) is 9.95. The van der Waals surface area contributed by atoms with E-state index in [9.17, 15) is 10.2 Å². The van der Waals surface area contributed by atoms with Crippen LogP contribution in [-0.4, -0.2) is 35.2 Å². The highest BCUT2D eigenvalue weighted by Gasteiger charge is 2.37. The van der Waals surface area contributed by atoms with Crippen molar-refractivity contribution in [2.24, 2.45) is 9.74 Å². The summed E-state index contributed by atoms with van der Waals surface area (Å²) < 4.78 is 7.79. The molecule has 5 nitrogen and oxygen atoms in total. The molecule has 0 heterocycles. The fourth-order valence-corrected chi connectivity index (χ4v) is 9.86. The van der Waals surface area contributed by atoms with Crippen molar-refractivity contribution in [3.8, 4) is 11.5 Å². The smallest absolute Gasteiger partial charge is 0.129 e. The minimum Gasteiger partial charge on any atom is -0.507 e. The molecule has 0 saturated heterocycles. The van der Waals surface area contributed by atoms with Crippen LogP contribution >= 0.6 is 7.21 Å². The summed E-state index contributed by atoms with van der Waals surface area (Å²) in [5.74, 6) is 0.443. The van der Waals surface area contributed by atoms with Gasteiger partial charge in [0.2, 0.25) is 0 Å². The molecule has 4 rings (SSSR count). The number of benzene rings is 4. The Hall–Kier alpha value is -3.66. The fourth-order valence-electron chi connectivity index (χ4n) is 6.25. The van der Waals surface area contributed by atoms with Crippen LogP contribution in [0.4, 0.5) is 11.4 Å². The SMILES string of the molecule is Cc1cc(C)c(N=Cc2ccccc2N=P(c2cc(C)cc(C(C)(C)C)c2O)(c2cc(C)cc(C(C)(C)C)c2O)N(C)C)c(C)c1. The van der Waals surface area contributed by atoms with Gasteiger partial charge in [-0.15, -0.1) is 0 Å². The van der Waals surface area contributed by atoms with Crippen LogP contribution in [-0.2, 0) is 10.8 Å². The molecule has 244 valence electrons. The molecule has 0 spiro atoms. The molecular weight excluding hydrogens is 585 g/mol. The highest BCUT2D eigenvalue weighted by Crippen LogP contribution is 2.57. The van der Waals surface area contributed by atoms with E-state index in [0.29, 0.717) is 0 Å². The van der Waals surface area contributed by atoms with Crippen LogP contribution in [0.15, 0.2) is 70.4 Å². The zero-order valence-electron chi connectivity index (χ0n) is 30.0. The zero-order chi connectivity index (χ0) is 34.4. The maximum absolute atomic E-state index is 12.2. The highest BCUT2D eigenvalue weighted by atomic mass is 31.2. The first-order valence-electron chi connectivity index (χ1n) is 16.0. The van der Waals surface area contributed by atoms with E-state index in [-0.39, 0.29) is 22.3 Å². The molecule has 0 amide bonds. The largest absolute Gasteiger partial charge is 0.507 e. The molecule has 0 fully saturated rings. The van der Waals surface area contributed by atoms with Gasteiger partial charge in [0.15, 0.2) is 0 Å². The molecule has 0 unspecified atom stereocenters. The van der Waals surface area contributed by atoms with Gasteiger partial charge in [0, 0.05) is 22.9 Å². The number of hydrogen-bond donors (Lipinski definition) is 2. The molecule has 0 aliphatic heterocycles. The summed E-state index contributed by atoms with van der Waals surface area (Å²) in [4.78, 5) is 4.97. The van der Waals surface area contributed by atoms with Crippen LogP contribution in [0.2, 0.25) is 0 Å². The van der Waals surface area contributed by atoms with Gasteiger partial charge in [-0.25, -0.2) is 4.74 Å². The first kappa shape index (κ1) is 35.2. The Balaban J connectivity index is 2.20. The van der Waals surface area contributed by atoms with Crippen molar-refractivity contribution in [1.82, 2.24) is 4.67 Å². The molecule has 4 aromatic rings. The van der Waals surface area contributed by atoms with Crippen LogP contribution in [0.1, 0.15) is 86.1 Å². The molecule has 6 heteroatoms. The summed E-state index contributed by atoms with van der Waals surface area (Å²) in [6.07, 6.45) is 1.89. The lowest BCUT2D eigenvalue weighted by Gasteiger charge is -2.36. The third-order valence-corrected chi connectivity index (χ3v) is 12.2. The quantitative estimate of drug-likeness (QED) is 0.163. The van der Waals surface area contributed by atoms with Gasteiger partial charge in [-0.05, 0) is 100.0 Å². The summed E-state index contributed by atoms with van der Waals surface area (Å²) >= 11 is 0. The maximum atomic E-state index is 12.2. The molecule has 0 radical (unpaired) electrons. The van der Waals surface area contributed by atoms with E-state index in [1.807, 2.05) is 44.6 Å². The lowest BCUT2D eigenvalue weighted by Crippen LogP contribution is -2.30. The second-order valence-electron chi connectivity index (χ2n) is 15.0. The van der Waals surface area contributed by atoms with Crippen molar-refractivity contribution < 1.29 is 10.2 Å². The van der Waals surface area contributed by atoms with Crippen molar-refractivity contribution in [3.05, 3.63) is 105 Å². The van der Waals surface area contributed by atoms with Crippen molar-refractivity contribution in [2.45, 2.75) is 87.0 Å². The Morgan fingerprint density at radius 1 is 0.652 bits per heavy atom. The summed E-state index contributed by atoms with van der Waals surface area (Å²) in [7, 11) is 0.940. The van der Waals surface area contributed by atoms with Crippen LogP contribution in [0.25, 0.3) is 0 Å². The lowest BCUT2D eigenvalue weighted by atomic mass is 9.85. The normalized spacial score (nSPS) is 12.7. The third-order valence-electron chi connectivity index (χ3n) is 8.49. The van der Waals surface area contributed by atoms with Crippen LogP contribution < -0.4 is 10.6 Å². The molecule has 4 aromatic carbocycles.